The largest absolute Gasteiger partial charge is 0.358 e. The first-order valence-electron chi connectivity index (χ1n) is 7.56. The lowest BCUT2D eigenvalue weighted by molar-refractivity contribution is 0.0959. The van der Waals surface area contributed by atoms with E-state index in [9.17, 15) is 4.79 Å². The maximum Gasteiger partial charge on any atom is 0.252 e. The first-order chi connectivity index (χ1) is 11.1. The van der Waals surface area contributed by atoms with Crippen LogP contribution in [0.2, 0.25) is 0 Å². The van der Waals surface area contributed by atoms with Gasteiger partial charge in [0, 0.05) is 27.7 Å². The summed E-state index contributed by atoms with van der Waals surface area (Å²) in [7, 11) is 0. The standard InChI is InChI=1S/C20H18N2O/c1-14-15(2)22-19-11-10-17(13-18(14)19)20(23)21-12-6-9-16-7-4-3-5-8-16/h3-5,7-8,10-11,13,22H,12H2,1-2H3,(H,21,23). The molecule has 3 nitrogen and oxygen atoms in total. The summed E-state index contributed by atoms with van der Waals surface area (Å²) >= 11 is 0. The highest BCUT2D eigenvalue weighted by Crippen LogP contribution is 2.22. The molecule has 1 amide bonds. The summed E-state index contributed by atoms with van der Waals surface area (Å²) in [6.45, 7) is 4.42. The van der Waals surface area contributed by atoms with Crippen molar-refractivity contribution >= 4 is 16.8 Å². The lowest BCUT2D eigenvalue weighted by Crippen LogP contribution is -2.23. The highest BCUT2D eigenvalue weighted by Gasteiger charge is 2.09. The van der Waals surface area contributed by atoms with E-state index in [2.05, 4.69) is 29.1 Å². The molecule has 3 aromatic rings. The molecule has 1 heterocycles. The third-order valence-corrected chi connectivity index (χ3v) is 3.91. The van der Waals surface area contributed by atoms with E-state index in [-0.39, 0.29) is 5.91 Å². The first kappa shape index (κ1) is 14.9. The fraction of sp³-hybridized carbons (Fsp3) is 0.150. The molecule has 0 aliphatic carbocycles. The number of benzene rings is 2. The Labute approximate surface area is 135 Å². The Balaban J connectivity index is 1.69. The smallest absolute Gasteiger partial charge is 0.252 e. The Morgan fingerprint density at radius 2 is 1.91 bits per heavy atom. The Bertz CT molecular complexity index is 911. The van der Waals surface area contributed by atoms with Crippen molar-refractivity contribution in [1.82, 2.24) is 10.3 Å². The molecule has 0 unspecified atom stereocenters. The number of carbonyl (C=O) groups excluding carboxylic acids is 1. The zero-order chi connectivity index (χ0) is 16.2. The minimum Gasteiger partial charge on any atom is -0.358 e. The number of hydrogen-bond donors (Lipinski definition) is 2. The van der Waals surface area contributed by atoms with Crippen LogP contribution in [0.4, 0.5) is 0 Å². The molecule has 114 valence electrons. The minimum atomic E-state index is -0.104. The van der Waals surface area contributed by atoms with E-state index in [0.29, 0.717) is 12.1 Å². The summed E-state index contributed by atoms with van der Waals surface area (Å²) in [5.74, 6) is 5.89. The maximum absolute atomic E-state index is 12.2. The van der Waals surface area contributed by atoms with Gasteiger partial charge < -0.3 is 10.3 Å². The molecule has 1 aromatic heterocycles. The second kappa shape index (κ2) is 6.41. The van der Waals surface area contributed by atoms with Gasteiger partial charge in [0.05, 0.1) is 6.54 Å². The summed E-state index contributed by atoms with van der Waals surface area (Å²) in [6.07, 6.45) is 0. The van der Waals surface area contributed by atoms with Crippen molar-refractivity contribution in [3.05, 3.63) is 70.9 Å². The monoisotopic (exact) mass is 302 g/mol. The molecule has 0 radical (unpaired) electrons. The number of rotatable bonds is 2. The summed E-state index contributed by atoms with van der Waals surface area (Å²) in [4.78, 5) is 15.5. The molecule has 0 bridgehead atoms. The van der Waals surface area contributed by atoms with Gasteiger partial charge >= 0.3 is 0 Å². The van der Waals surface area contributed by atoms with Crippen LogP contribution in [0.1, 0.15) is 27.2 Å². The highest BCUT2D eigenvalue weighted by atomic mass is 16.1. The number of aryl methyl sites for hydroxylation is 2. The second-order valence-corrected chi connectivity index (χ2v) is 5.49. The van der Waals surface area contributed by atoms with Crippen LogP contribution in [0, 0.1) is 25.7 Å². The topological polar surface area (TPSA) is 44.9 Å². The van der Waals surface area contributed by atoms with Gasteiger partial charge in [-0.1, -0.05) is 30.0 Å². The lowest BCUT2D eigenvalue weighted by atomic mass is 10.1. The van der Waals surface area contributed by atoms with E-state index >= 15 is 0 Å². The number of nitrogens with one attached hydrogen (secondary N) is 2. The average Bonchev–Trinajstić information content (AvgIpc) is 2.86. The number of H-pyrrole nitrogens is 1. The summed E-state index contributed by atoms with van der Waals surface area (Å²) < 4.78 is 0. The predicted molar refractivity (Wildman–Crippen MR) is 93.4 cm³/mol. The van der Waals surface area contributed by atoms with E-state index in [4.69, 9.17) is 0 Å². The third kappa shape index (κ3) is 3.27. The van der Waals surface area contributed by atoms with Crippen LogP contribution in [-0.2, 0) is 0 Å². The zero-order valence-corrected chi connectivity index (χ0v) is 13.2. The number of fused-ring (bicyclic) bond motifs is 1. The van der Waals surface area contributed by atoms with Gasteiger partial charge in [-0.3, -0.25) is 4.79 Å². The number of carbonyl (C=O) groups is 1. The number of aromatic amines is 1. The molecule has 0 aliphatic rings. The molecule has 0 saturated carbocycles. The fourth-order valence-electron chi connectivity index (χ4n) is 2.50. The molecule has 0 fully saturated rings. The molecular formula is C20H18N2O. The quantitative estimate of drug-likeness (QED) is 0.698. The second-order valence-electron chi connectivity index (χ2n) is 5.49. The Hall–Kier alpha value is -2.99. The van der Waals surface area contributed by atoms with Gasteiger partial charge in [0.25, 0.3) is 5.91 Å². The van der Waals surface area contributed by atoms with E-state index in [1.807, 2.05) is 55.5 Å². The molecule has 23 heavy (non-hydrogen) atoms. The normalized spacial score (nSPS) is 10.2. The van der Waals surface area contributed by atoms with Crippen molar-refractivity contribution in [3.63, 3.8) is 0 Å². The van der Waals surface area contributed by atoms with Crippen LogP contribution in [0.25, 0.3) is 10.9 Å². The van der Waals surface area contributed by atoms with Crippen LogP contribution >= 0.6 is 0 Å². The van der Waals surface area contributed by atoms with Gasteiger partial charge in [0.1, 0.15) is 0 Å². The molecule has 0 saturated heterocycles. The van der Waals surface area contributed by atoms with E-state index in [0.717, 1.165) is 22.2 Å². The van der Waals surface area contributed by atoms with Crippen LogP contribution in [0.5, 0.6) is 0 Å². The Kier molecular flexibility index (Phi) is 4.16. The van der Waals surface area contributed by atoms with Crippen molar-refractivity contribution in [2.24, 2.45) is 0 Å². The van der Waals surface area contributed by atoms with Crippen molar-refractivity contribution in [3.8, 4) is 11.8 Å². The molecule has 0 aliphatic heterocycles. The van der Waals surface area contributed by atoms with Gasteiger partial charge in [0.15, 0.2) is 0 Å². The van der Waals surface area contributed by atoms with Crippen molar-refractivity contribution < 1.29 is 4.79 Å². The molecule has 2 aromatic carbocycles. The highest BCUT2D eigenvalue weighted by molar-refractivity contribution is 5.99. The zero-order valence-electron chi connectivity index (χ0n) is 13.2. The third-order valence-electron chi connectivity index (χ3n) is 3.91. The van der Waals surface area contributed by atoms with Crippen molar-refractivity contribution in [1.29, 1.82) is 0 Å². The SMILES string of the molecule is Cc1[nH]c2ccc(C(=O)NCC#Cc3ccccc3)cc2c1C. The lowest BCUT2D eigenvalue weighted by Gasteiger charge is -2.02. The van der Waals surface area contributed by atoms with Crippen molar-refractivity contribution in [2.45, 2.75) is 13.8 Å². The van der Waals surface area contributed by atoms with Gasteiger partial charge in [-0.15, -0.1) is 0 Å². The van der Waals surface area contributed by atoms with Gasteiger partial charge in [-0.2, -0.15) is 0 Å². The molecule has 0 atom stereocenters. The van der Waals surface area contributed by atoms with Crippen LogP contribution in [0.15, 0.2) is 48.5 Å². The number of amides is 1. The fourth-order valence-corrected chi connectivity index (χ4v) is 2.50. The van der Waals surface area contributed by atoms with E-state index in [1.165, 1.54) is 5.56 Å². The molecule has 2 N–H and O–H groups in total. The van der Waals surface area contributed by atoms with Crippen LogP contribution < -0.4 is 5.32 Å². The van der Waals surface area contributed by atoms with Crippen LogP contribution in [-0.4, -0.2) is 17.4 Å². The number of hydrogen-bond acceptors (Lipinski definition) is 1. The molecular weight excluding hydrogens is 284 g/mol. The summed E-state index contributed by atoms with van der Waals surface area (Å²) in [5.41, 5.74) is 4.97. The Morgan fingerprint density at radius 3 is 2.70 bits per heavy atom. The van der Waals surface area contributed by atoms with E-state index < -0.39 is 0 Å². The molecule has 3 rings (SSSR count). The Morgan fingerprint density at radius 1 is 1.13 bits per heavy atom. The molecule has 0 spiro atoms. The molecule has 3 heteroatoms. The van der Waals surface area contributed by atoms with Gasteiger partial charge in [0.2, 0.25) is 0 Å². The average molecular weight is 302 g/mol. The predicted octanol–water partition coefficient (Wildman–Crippen LogP) is 3.57. The van der Waals surface area contributed by atoms with Crippen LogP contribution in [0.3, 0.4) is 0 Å². The number of aromatic nitrogens is 1. The maximum atomic E-state index is 12.2. The van der Waals surface area contributed by atoms with Gasteiger partial charge in [-0.05, 0) is 49.7 Å². The van der Waals surface area contributed by atoms with Crippen molar-refractivity contribution in [2.75, 3.05) is 6.54 Å². The first-order valence-corrected chi connectivity index (χ1v) is 7.56. The van der Waals surface area contributed by atoms with E-state index in [1.54, 1.807) is 0 Å². The minimum absolute atomic E-state index is 0.104. The summed E-state index contributed by atoms with van der Waals surface area (Å²) in [6, 6.07) is 15.4. The summed E-state index contributed by atoms with van der Waals surface area (Å²) in [5, 5.41) is 3.93. The van der Waals surface area contributed by atoms with Gasteiger partial charge in [-0.25, -0.2) is 0 Å².